The number of aliphatic carboxylic acids is 1. The van der Waals surface area contributed by atoms with E-state index < -0.39 is 36.2 Å². The Kier molecular flexibility index (Phi) is 5.41. The van der Waals surface area contributed by atoms with Crippen LogP contribution in [0.1, 0.15) is 27.1 Å². The van der Waals surface area contributed by atoms with Crippen molar-refractivity contribution in [2.75, 3.05) is 7.11 Å². The molecule has 1 aromatic rings. The first kappa shape index (κ1) is 16.2. The van der Waals surface area contributed by atoms with Gasteiger partial charge in [0.1, 0.15) is 6.04 Å². The average Bonchev–Trinajstić information content (AvgIpc) is 2.45. The molecule has 8 nitrogen and oxygen atoms in total. The van der Waals surface area contributed by atoms with Crippen molar-refractivity contribution in [3.05, 3.63) is 35.4 Å². The Morgan fingerprint density at radius 2 is 1.90 bits per heavy atom. The van der Waals surface area contributed by atoms with Crippen LogP contribution in [-0.2, 0) is 14.3 Å². The maximum atomic E-state index is 11.9. The number of amides is 2. The lowest BCUT2D eigenvalue weighted by Crippen LogP contribution is -2.45. The lowest BCUT2D eigenvalue weighted by molar-refractivity contribution is -0.139. The predicted molar refractivity (Wildman–Crippen MR) is 70.5 cm³/mol. The first-order valence-electron chi connectivity index (χ1n) is 5.85. The van der Waals surface area contributed by atoms with E-state index in [0.29, 0.717) is 0 Å². The number of primary amides is 1. The van der Waals surface area contributed by atoms with Gasteiger partial charge in [0.2, 0.25) is 5.91 Å². The molecule has 0 aliphatic rings. The van der Waals surface area contributed by atoms with Gasteiger partial charge in [-0.25, -0.2) is 4.79 Å². The van der Waals surface area contributed by atoms with Crippen LogP contribution in [0, 0.1) is 0 Å². The van der Waals surface area contributed by atoms with Gasteiger partial charge in [0.25, 0.3) is 5.91 Å². The van der Waals surface area contributed by atoms with Crippen LogP contribution >= 0.6 is 0 Å². The Bertz CT molecular complexity index is 584. The van der Waals surface area contributed by atoms with E-state index in [1.54, 1.807) is 0 Å². The summed E-state index contributed by atoms with van der Waals surface area (Å²) in [5.74, 6) is -3.58. The maximum Gasteiger partial charge on any atom is 0.337 e. The monoisotopic (exact) mass is 294 g/mol. The third-order valence-corrected chi connectivity index (χ3v) is 2.57. The molecule has 0 radical (unpaired) electrons. The van der Waals surface area contributed by atoms with E-state index in [2.05, 4.69) is 10.1 Å². The molecule has 0 aliphatic carbocycles. The minimum Gasteiger partial charge on any atom is -0.481 e. The molecule has 0 aliphatic heterocycles. The topological polar surface area (TPSA) is 136 Å². The highest BCUT2D eigenvalue weighted by atomic mass is 16.5. The number of carbonyl (C=O) groups excluding carboxylic acids is 3. The molecule has 2 amide bonds. The summed E-state index contributed by atoms with van der Waals surface area (Å²) < 4.78 is 4.52. The van der Waals surface area contributed by atoms with Gasteiger partial charge in [-0.05, 0) is 18.2 Å². The van der Waals surface area contributed by atoms with Crippen LogP contribution in [0.25, 0.3) is 0 Å². The Balaban J connectivity index is 2.90. The van der Waals surface area contributed by atoms with E-state index >= 15 is 0 Å². The Hall–Kier alpha value is -2.90. The zero-order valence-corrected chi connectivity index (χ0v) is 11.2. The number of benzene rings is 1. The van der Waals surface area contributed by atoms with Crippen molar-refractivity contribution < 1.29 is 29.0 Å². The van der Waals surface area contributed by atoms with Crippen molar-refractivity contribution in [2.24, 2.45) is 5.73 Å². The minimum absolute atomic E-state index is 0.0783. The Labute approximate surface area is 119 Å². The number of hydrogen-bond donors (Lipinski definition) is 3. The summed E-state index contributed by atoms with van der Waals surface area (Å²) in [5, 5.41) is 10.8. The van der Waals surface area contributed by atoms with Crippen molar-refractivity contribution in [1.82, 2.24) is 5.32 Å². The van der Waals surface area contributed by atoms with E-state index in [9.17, 15) is 19.2 Å². The minimum atomic E-state index is -1.34. The molecule has 0 aromatic heterocycles. The highest BCUT2D eigenvalue weighted by molar-refractivity contribution is 6.00. The molecule has 0 heterocycles. The fourth-order valence-electron chi connectivity index (χ4n) is 1.54. The van der Waals surface area contributed by atoms with Crippen LogP contribution in [0.5, 0.6) is 0 Å². The highest BCUT2D eigenvalue weighted by Crippen LogP contribution is 2.07. The third kappa shape index (κ3) is 4.60. The summed E-state index contributed by atoms with van der Waals surface area (Å²) in [5.41, 5.74) is 5.25. The van der Waals surface area contributed by atoms with E-state index in [0.717, 1.165) is 0 Å². The van der Waals surface area contributed by atoms with Crippen LogP contribution < -0.4 is 11.1 Å². The summed E-state index contributed by atoms with van der Waals surface area (Å²) in [6.07, 6.45) is -0.627. The van der Waals surface area contributed by atoms with Gasteiger partial charge in [0.15, 0.2) is 0 Å². The number of carboxylic acids is 1. The average molecular weight is 294 g/mol. The van der Waals surface area contributed by atoms with Crippen molar-refractivity contribution >= 4 is 23.8 Å². The lowest BCUT2D eigenvalue weighted by atomic mass is 10.1. The SMILES string of the molecule is COC(=O)c1cccc(C(=O)N[C@H](CC(=O)O)C(N)=O)c1. The first-order chi connectivity index (χ1) is 9.85. The molecule has 1 aromatic carbocycles. The number of nitrogens with one attached hydrogen (secondary N) is 1. The normalized spacial score (nSPS) is 11.3. The van der Waals surface area contributed by atoms with Crippen LogP contribution in [0.3, 0.4) is 0 Å². The first-order valence-corrected chi connectivity index (χ1v) is 5.85. The molecular weight excluding hydrogens is 280 g/mol. The van der Waals surface area contributed by atoms with Crippen molar-refractivity contribution in [1.29, 1.82) is 0 Å². The van der Waals surface area contributed by atoms with Gasteiger partial charge in [-0.1, -0.05) is 6.07 Å². The van der Waals surface area contributed by atoms with Crippen LogP contribution in [-0.4, -0.2) is 42.0 Å². The van der Waals surface area contributed by atoms with Gasteiger partial charge in [-0.2, -0.15) is 0 Å². The summed E-state index contributed by atoms with van der Waals surface area (Å²) in [6.45, 7) is 0. The van der Waals surface area contributed by atoms with E-state index in [4.69, 9.17) is 10.8 Å². The maximum absolute atomic E-state index is 11.9. The Morgan fingerprint density at radius 3 is 2.43 bits per heavy atom. The van der Waals surface area contributed by atoms with Crippen molar-refractivity contribution in [3.63, 3.8) is 0 Å². The molecule has 8 heteroatoms. The van der Waals surface area contributed by atoms with Crippen molar-refractivity contribution in [2.45, 2.75) is 12.5 Å². The number of ether oxygens (including phenoxy) is 1. The van der Waals surface area contributed by atoms with Crippen LogP contribution in [0.15, 0.2) is 24.3 Å². The molecular formula is C13H14N2O6. The number of methoxy groups -OCH3 is 1. The highest BCUT2D eigenvalue weighted by Gasteiger charge is 2.22. The zero-order valence-electron chi connectivity index (χ0n) is 11.2. The molecule has 0 spiro atoms. The molecule has 0 unspecified atom stereocenters. The second-order valence-electron chi connectivity index (χ2n) is 4.10. The summed E-state index contributed by atoms with van der Waals surface area (Å²) in [4.78, 5) is 45.0. The summed E-state index contributed by atoms with van der Waals surface area (Å²) in [7, 11) is 1.20. The third-order valence-electron chi connectivity index (χ3n) is 2.57. The largest absolute Gasteiger partial charge is 0.481 e. The fourth-order valence-corrected chi connectivity index (χ4v) is 1.54. The molecule has 0 saturated carbocycles. The molecule has 1 rings (SSSR count). The van der Waals surface area contributed by atoms with Gasteiger partial charge < -0.3 is 20.9 Å². The lowest BCUT2D eigenvalue weighted by Gasteiger charge is -2.13. The quantitative estimate of drug-likeness (QED) is 0.607. The second-order valence-corrected chi connectivity index (χ2v) is 4.10. The molecule has 4 N–H and O–H groups in total. The van der Waals surface area contributed by atoms with E-state index in [1.807, 2.05) is 0 Å². The summed E-state index contributed by atoms with van der Waals surface area (Å²) >= 11 is 0. The van der Waals surface area contributed by atoms with Crippen LogP contribution in [0.2, 0.25) is 0 Å². The standard InChI is InChI=1S/C13H14N2O6/c1-21-13(20)8-4-2-3-7(5-8)12(19)15-9(11(14)18)6-10(16)17/h2-5,9H,6H2,1H3,(H2,14,18)(H,15,19)(H,16,17)/t9-/m1/s1. The smallest absolute Gasteiger partial charge is 0.337 e. The fraction of sp³-hybridized carbons (Fsp3) is 0.231. The molecule has 0 bridgehead atoms. The van der Waals surface area contributed by atoms with Gasteiger partial charge in [-0.15, -0.1) is 0 Å². The van der Waals surface area contributed by atoms with Crippen molar-refractivity contribution in [3.8, 4) is 0 Å². The van der Waals surface area contributed by atoms with Gasteiger partial charge in [0, 0.05) is 5.56 Å². The number of esters is 1. The molecule has 112 valence electrons. The predicted octanol–water partition coefficient (Wildman–Crippen LogP) is -0.468. The van der Waals surface area contributed by atoms with Crippen LogP contribution in [0.4, 0.5) is 0 Å². The van der Waals surface area contributed by atoms with E-state index in [1.165, 1.54) is 31.4 Å². The van der Waals surface area contributed by atoms with E-state index in [-0.39, 0.29) is 11.1 Å². The second kappa shape index (κ2) is 7.04. The molecule has 0 saturated heterocycles. The Morgan fingerprint density at radius 1 is 1.29 bits per heavy atom. The number of rotatable bonds is 6. The molecule has 0 fully saturated rings. The summed E-state index contributed by atoms with van der Waals surface area (Å²) in [6, 6.07) is 4.24. The number of carboxylic acid groups (broad SMARTS) is 1. The number of nitrogens with two attached hydrogens (primary N) is 1. The van der Waals surface area contributed by atoms with Gasteiger partial charge >= 0.3 is 11.9 Å². The molecule has 21 heavy (non-hydrogen) atoms. The van der Waals surface area contributed by atoms with Gasteiger partial charge in [0.05, 0.1) is 19.1 Å². The zero-order chi connectivity index (χ0) is 16.0. The van der Waals surface area contributed by atoms with Gasteiger partial charge in [-0.3, -0.25) is 14.4 Å². The number of carbonyl (C=O) groups is 4. The molecule has 1 atom stereocenters. The number of hydrogen-bond acceptors (Lipinski definition) is 5.